The Hall–Kier alpha value is -1.15. The first-order chi connectivity index (χ1) is 14.3. The number of Topliss-reactive ketones (excluding diaryl/α,β-unsaturated/α-hetero) is 1. The van der Waals surface area contributed by atoms with Gasteiger partial charge in [0.2, 0.25) is 15.9 Å². The summed E-state index contributed by atoms with van der Waals surface area (Å²) in [5.74, 6) is 0.346. The number of ketones is 1. The van der Waals surface area contributed by atoms with E-state index < -0.39 is 21.0 Å². The van der Waals surface area contributed by atoms with E-state index in [1.807, 2.05) is 0 Å². The zero-order chi connectivity index (χ0) is 22.8. The Morgan fingerprint density at radius 1 is 1.13 bits per heavy atom. The van der Waals surface area contributed by atoms with Crippen molar-refractivity contribution in [3.05, 3.63) is 28.2 Å². The largest absolute Gasteiger partial charge is 0.369 e. The summed E-state index contributed by atoms with van der Waals surface area (Å²) < 4.78 is 28.5. The van der Waals surface area contributed by atoms with Crippen molar-refractivity contribution < 1.29 is 18.0 Å². The number of hydrogen-bond donors (Lipinski definition) is 2. The molecule has 9 heteroatoms. The number of primary amides is 1. The van der Waals surface area contributed by atoms with Gasteiger partial charge in [0.1, 0.15) is 4.90 Å². The standard InChI is InChI=1S/C22H28Cl2N2O4S/c1-20(2,26-31(29,30)18-15(23)4-3-5-16(18)24)17(27)11-21-7-13-6-14(8-21)10-22(9-13,12-21)19(25)28/h3-5,13-14,26H,6-12H2,1-2H3,(H2,25,28). The van der Waals surface area contributed by atoms with Gasteiger partial charge < -0.3 is 5.73 Å². The Morgan fingerprint density at radius 2 is 1.68 bits per heavy atom. The number of nitrogens with two attached hydrogens (primary N) is 1. The second kappa shape index (κ2) is 7.44. The normalized spacial score (nSPS) is 32.3. The van der Waals surface area contributed by atoms with Crippen LogP contribution in [0.15, 0.2) is 23.1 Å². The molecule has 4 saturated carbocycles. The van der Waals surface area contributed by atoms with E-state index in [-0.39, 0.29) is 38.5 Å². The van der Waals surface area contributed by atoms with E-state index in [9.17, 15) is 18.0 Å². The zero-order valence-electron chi connectivity index (χ0n) is 17.7. The van der Waals surface area contributed by atoms with E-state index in [0.717, 1.165) is 32.1 Å². The molecule has 0 aromatic heterocycles. The van der Waals surface area contributed by atoms with Crippen LogP contribution in [0.1, 0.15) is 58.8 Å². The van der Waals surface area contributed by atoms with Gasteiger partial charge in [-0.25, -0.2) is 8.42 Å². The fraction of sp³-hybridized carbons (Fsp3) is 0.636. The molecule has 0 saturated heterocycles. The monoisotopic (exact) mass is 486 g/mol. The lowest BCUT2D eigenvalue weighted by molar-refractivity contribution is -0.158. The molecule has 1 amide bonds. The Bertz CT molecular complexity index is 1020. The predicted molar refractivity (Wildman–Crippen MR) is 119 cm³/mol. The molecule has 4 aliphatic rings. The molecule has 170 valence electrons. The molecule has 3 N–H and O–H groups in total. The maximum absolute atomic E-state index is 13.4. The highest BCUT2D eigenvalue weighted by atomic mass is 35.5. The molecular formula is C22H28Cl2N2O4S. The van der Waals surface area contributed by atoms with Gasteiger partial charge in [0.15, 0.2) is 5.78 Å². The van der Waals surface area contributed by atoms with E-state index >= 15 is 0 Å². The third-order valence-electron chi connectivity index (χ3n) is 7.51. The van der Waals surface area contributed by atoms with Crippen molar-refractivity contribution in [3.8, 4) is 0 Å². The number of carbonyl (C=O) groups excluding carboxylic acids is 2. The highest BCUT2D eigenvalue weighted by Crippen LogP contribution is 2.66. The van der Waals surface area contributed by atoms with E-state index in [0.29, 0.717) is 18.3 Å². The fourth-order valence-corrected chi connectivity index (χ4v) is 9.24. The van der Waals surface area contributed by atoms with Gasteiger partial charge >= 0.3 is 0 Å². The van der Waals surface area contributed by atoms with Gasteiger partial charge in [0, 0.05) is 6.42 Å². The van der Waals surface area contributed by atoms with E-state index in [1.54, 1.807) is 19.9 Å². The summed E-state index contributed by atoms with van der Waals surface area (Å²) >= 11 is 12.2. The minimum atomic E-state index is -4.12. The van der Waals surface area contributed by atoms with Gasteiger partial charge in [-0.1, -0.05) is 29.3 Å². The first kappa shape index (κ1) is 23.0. The lowest BCUT2D eigenvalue weighted by Gasteiger charge is -2.61. The quantitative estimate of drug-likeness (QED) is 0.605. The van der Waals surface area contributed by atoms with Crippen molar-refractivity contribution in [2.75, 3.05) is 0 Å². The van der Waals surface area contributed by atoms with Crippen molar-refractivity contribution in [1.29, 1.82) is 0 Å². The van der Waals surface area contributed by atoms with Crippen LogP contribution in [-0.2, 0) is 19.6 Å². The van der Waals surface area contributed by atoms with Crippen LogP contribution in [0.4, 0.5) is 0 Å². The Labute approximate surface area is 193 Å². The number of rotatable bonds is 7. The van der Waals surface area contributed by atoms with Crippen molar-refractivity contribution in [3.63, 3.8) is 0 Å². The predicted octanol–water partition coefficient (Wildman–Crippen LogP) is 4.08. The summed E-state index contributed by atoms with van der Waals surface area (Å²) in [6, 6.07) is 4.44. The molecular weight excluding hydrogens is 459 g/mol. The molecule has 0 spiro atoms. The maximum Gasteiger partial charge on any atom is 0.244 e. The van der Waals surface area contributed by atoms with Crippen LogP contribution in [0, 0.1) is 22.7 Å². The highest BCUT2D eigenvalue weighted by molar-refractivity contribution is 7.89. The summed E-state index contributed by atoms with van der Waals surface area (Å²) in [6.07, 6.45) is 5.35. The van der Waals surface area contributed by atoms with Gasteiger partial charge in [-0.2, -0.15) is 4.72 Å². The smallest absolute Gasteiger partial charge is 0.244 e. The van der Waals surface area contributed by atoms with Crippen LogP contribution >= 0.6 is 23.2 Å². The van der Waals surface area contributed by atoms with Crippen LogP contribution in [0.5, 0.6) is 0 Å². The molecule has 4 fully saturated rings. The first-order valence-corrected chi connectivity index (χ1v) is 12.8. The van der Waals surface area contributed by atoms with Crippen LogP contribution < -0.4 is 10.5 Å². The van der Waals surface area contributed by atoms with Crippen molar-refractivity contribution in [2.45, 2.75) is 69.2 Å². The fourth-order valence-electron chi connectivity index (χ4n) is 6.69. The number of hydrogen-bond acceptors (Lipinski definition) is 4. The van der Waals surface area contributed by atoms with Crippen molar-refractivity contribution in [2.24, 2.45) is 28.4 Å². The summed E-state index contributed by atoms with van der Waals surface area (Å²) in [7, 11) is -4.12. The first-order valence-electron chi connectivity index (χ1n) is 10.6. The van der Waals surface area contributed by atoms with Crippen LogP contribution in [-0.4, -0.2) is 25.6 Å². The molecule has 5 rings (SSSR count). The van der Waals surface area contributed by atoms with E-state index in [1.165, 1.54) is 12.1 Å². The van der Waals surface area contributed by atoms with Crippen molar-refractivity contribution in [1.82, 2.24) is 4.72 Å². The Morgan fingerprint density at radius 3 is 2.19 bits per heavy atom. The number of carbonyl (C=O) groups is 2. The van der Waals surface area contributed by atoms with Gasteiger partial charge in [-0.15, -0.1) is 0 Å². The summed E-state index contributed by atoms with van der Waals surface area (Å²) in [4.78, 5) is 25.5. The third kappa shape index (κ3) is 4.03. The van der Waals surface area contributed by atoms with Gasteiger partial charge in [-0.3, -0.25) is 9.59 Å². The van der Waals surface area contributed by atoms with Gasteiger partial charge in [0.05, 0.1) is 21.0 Å². The second-order valence-electron chi connectivity index (χ2n) is 10.5. The highest BCUT2D eigenvalue weighted by Gasteiger charge is 2.60. The molecule has 0 aliphatic heterocycles. The Balaban J connectivity index is 1.56. The topological polar surface area (TPSA) is 106 Å². The van der Waals surface area contributed by atoms with Gasteiger partial charge in [-0.05, 0) is 81.8 Å². The minimum Gasteiger partial charge on any atom is -0.369 e. The molecule has 31 heavy (non-hydrogen) atoms. The molecule has 1 aromatic carbocycles. The number of amides is 1. The molecule has 0 heterocycles. The number of halogens is 2. The average molecular weight is 487 g/mol. The molecule has 0 radical (unpaired) electrons. The average Bonchev–Trinajstić information content (AvgIpc) is 2.58. The van der Waals surface area contributed by atoms with Gasteiger partial charge in [0.25, 0.3) is 0 Å². The molecule has 2 unspecified atom stereocenters. The van der Waals surface area contributed by atoms with Crippen LogP contribution in [0.3, 0.4) is 0 Å². The molecule has 4 bridgehead atoms. The molecule has 6 nitrogen and oxygen atoms in total. The number of sulfonamides is 1. The summed E-state index contributed by atoms with van der Waals surface area (Å²) in [5.41, 5.74) is 3.64. The Kier molecular flexibility index (Phi) is 5.52. The van der Waals surface area contributed by atoms with E-state index in [4.69, 9.17) is 28.9 Å². The second-order valence-corrected chi connectivity index (χ2v) is 12.9. The maximum atomic E-state index is 13.4. The van der Waals surface area contributed by atoms with Crippen LogP contribution in [0.2, 0.25) is 10.0 Å². The molecule has 1 aromatic rings. The minimum absolute atomic E-state index is 0.00673. The summed E-state index contributed by atoms with van der Waals surface area (Å²) in [6.45, 7) is 3.12. The molecule has 4 aliphatic carbocycles. The lowest BCUT2D eigenvalue weighted by Crippen LogP contribution is -2.58. The number of benzene rings is 1. The van der Waals surface area contributed by atoms with Crippen molar-refractivity contribution >= 4 is 44.9 Å². The third-order valence-corrected chi connectivity index (χ3v) is 10.1. The number of nitrogens with one attached hydrogen (secondary N) is 1. The van der Waals surface area contributed by atoms with E-state index in [2.05, 4.69) is 4.72 Å². The lowest BCUT2D eigenvalue weighted by atomic mass is 9.43. The van der Waals surface area contributed by atoms with Crippen LogP contribution in [0.25, 0.3) is 0 Å². The molecule has 2 atom stereocenters. The SMILES string of the molecule is CC(C)(NS(=O)(=O)c1c(Cl)cccc1Cl)C(=O)CC12CC3CC(C1)CC(C(N)=O)(C3)C2. The zero-order valence-corrected chi connectivity index (χ0v) is 20.0. The summed E-state index contributed by atoms with van der Waals surface area (Å²) in [5, 5.41) is -0.0135.